The lowest BCUT2D eigenvalue weighted by Gasteiger charge is -2.14. The largest absolute Gasteiger partial charge is 0.472 e. The summed E-state index contributed by atoms with van der Waals surface area (Å²) in [6.45, 7) is 2.22. The van der Waals surface area contributed by atoms with Crippen molar-refractivity contribution in [1.29, 1.82) is 0 Å². The summed E-state index contributed by atoms with van der Waals surface area (Å²) in [4.78, 5) is 23.4. The van der Waals surface area contributed by atoms with E-state index in [9.17, 15) is 9.59 Å². The second-order valence-electron chi connectivity index (χ2n) is 4.72. The number of furan rings is 1. The molecule has 1 atom stereocenters. The predicted molar refractivity (Wildman–Crippen MR) is 78.7 cm³/mol. The molecule has 0 radical (unpaired) electrons. The fourth-order valence-corrected chi connectivity index (χ4v) is 1.92. The fraction of sp³-hybridized carbons (Fsp3) is 0.250. The molecular formula is C16H18N2O3. The lowest BCUT2D eigenvalue weighted by Crippen LogP contribution is -2.31. The topological polar surface area (TPSA) is 71.3 Å². The second kappa shape index (κ2) is 7.28. The zero-order valence-corrected chi connectivity index (χ0v) is 11.8. The van der Waals surface area contributed by atoms with Gasteiger partial charge in [-0.2, -0.15) is 0 Å². The van der Waals surface area contributed by atoms with Crippen LogP contribution < -0.4 is 10.6 Å². The Morgan fingerprint density at radius 1 is 1.19 bits per heavy atom. The molecule has 2 N–H and O–H groups in total. The SMILES string of the molecule is C[C@H](NC(=O)CCNC(=O)c1ccoc1)c1ccccc1. The summed E-state index contributed by atoms with van der Waals surface area (Å²) in [5.74, 6) is -0.341. The van der Waals surface area contributed by atoms with Gasteiger partial charge in [0.05, 0.1) is 17.9 Å². The van der Waals surface area contributed by atoms with Crippen molar-refractivity contribution in [3.63, 3.8) is 0 Å². The summed E-state index contributed by atoms with van der Waals surface area (Å²) in [6.07, 6.45) is 3.04. The first-order valence-corrected chi connectivity index (χ1v) is 6.81. The molecule has 2 aromatic rings. The molecule has 0 aliphatic heterocycles. The van der Waals surface area contributed by atoms with E-state index < -0.39 is 0 Å². The van der Waals surface area contributed by atoms with Crippen LogP contribution in [0.3, 0.4) is 0 Å². The summed E-state index contributed by atoms with van der Waals surface area (Å²) in [5.41, 5.74) is 1.50. The van der Waals surface area contributed by atoms with Crippen molar-refractivity contribution in [2.75, 3.05) is 6.54 Å². The molecule has 2 rings (SSSR count). The summed E-state index contributed by atoms with van der Waals surface area (Å²) in [6, 6.07) is 11.3. The quantitative estimate of drug-likeness (QED) is 0.855. The molecule has 0 aliphatic rings. The Hall–Kier alpha value is -2.56. The maximum Gasteiger partial charge on any atom is 0.254 e. The van der Waals surface area contributed by atoms with Gasteiger partial charge in [-0.25, -0.2) is 0 Å². The zero-order chi connectivity index (χ0) is 15.1. The lowest BCUT2D eigenvalue weighted by atomic mass is 10.1. The van der Waals surface area contributed by atoms with Crippen molar-refractivity contribution in [1.82, 2.24) is 10.6 Å². The standard InChI is InChI=1S/C16H18N2O3/c1-12(13-5-3-2-4-6-13)18-15(19)7-9-17-16(20)14-8-10-21-11-14/h2-6,8,10-12H,7,9H2,1H3,(H,17,20)(H,18,19)/t12-/m0/s1. The molecule has 2 amide bonds. The molecule has 5 nitrogen and oxygen atoms in total. The van der Waals surface area contributed by atoms with Crippen LogP contribution in [-0.2, 0) is 4.79 Å². The first-order valence-electron chi connectivity index (χ1n) is 6.81. The summed E-state index contributed by atoms with van der Waals surface area (Å²) in [7, 11) is 0. The Kier molecular flexibility index (Phi) is 5.15. The van der Waals surface area contributed by atoms with Crippen LogP contribution in [0.4, 0.5) is 0 Å². The number of carbonyl (C=O) groups is 2. The number of hydrogen-bond acceptors (Lipinski definition) is 3. The highest BCUT2D eigenvalue weighted by Crippen LogP contribution is 2.10. The maximum atomic E-state index is 11.8. The molecule has 0 unspecified atom stereocenters. The summed E-state index contributed by atoms with van der Waals surface area (Å²) >= 11 is 0. The van der Waals surface area contributed by atoms with Crippen molar-refractivity contribution >= 4 is 11.8 Å². The first kappa shape index (κ1) is 14.8. The molecular weight excluding hydrogens is 268 g/mol. The van der Waals surface area contributed by atoms with Gasteiger partial charge >= 0.3 is 0 Å². The highest BCUT2D eigenvalue weighted by molar-refractivity contribution is 5.94. The Morgan fingerprint density at radius 3 is 2.62 bits per heavy atom. The summed E-state index contributed by atoms with van der Waals surface area (Å²) < 4.78 is 4.82. The van der Waals surface area contributed by atoms with Gasteiger partial charge in [-0.3, -0.25) is 9.59 Å². The van der Waals surface area contributed by atoms with Gasteiger partial charge in [0.25, 0.3) is 5.91 Å². The zero-order valence-electron chi connectivity index (χ0n) is 11.8. The van der Waals surface area contributed by atoms with Crippen LogP contribution in [-0.4, -0.2) is 18.4 Å². The third-order valence-corrected chi connectivity index (χ3v) is 3.10. The minimum atomic E-state index is -0.243. The van der Waals surface area contributed by atoms with Crippen molar-refractivity contribution in [3.8, 4) is 0 Å². The van der Waals surface area contributed by atoms with Crippen LogP contribution in [0.5, 0.6) is 0 Å². The van der Waals surface area contributed by atoms with E-state index in [1.807, 2.05) is 37.3 Å². The van der Waals surface area contributed by atoms with Crippen LogP contribution in [0.25, 0.3) is 0 Å². The third kappa shape index (κ3) is 4.49. The lowest BCUT2D eigenvalue weighted by molar-refractivity contribution is -0.121. The van der Waals surface area contributed by atoms with E-state index in [0.29, 0.717) is 5.56 Å². The Labute approximate surface area is 123 Å². The molecule has 0 fully saturated rings. The second-order valence-corrected chi connectivity index (χ2v) is 4.72. The molecule has 5 heteroatoms. The molecule has 0 spiro atoms. The van der Waals surface area contributed by atoms with E-state index in [4.69, 9.17) is 4.42 Å². The molecule has 110 valence electrons. The number of rotatable bonds is 6. The molecule has 0 bridgehead atoms. The maximum absolute atomic E-state index is 11.8. The van der Waals surface area contributed by atoms with Crippen molar-refractivity contribution in [3.05, 3.63) is 60.1 Å². The molecule has 1 aromatic carbocycles. The highest BCUT2D eigenvalue weighted by Gasteiger charge is 2.10. The minimum absolute atomic E-state index is 0.0525. The van der Waals surface area contributed by atoms with Crippen LogP contribution in [0.15, 0.2) is 53.3 Å². The van der Waals surface area contributed by atoms with E-state index >= 15 is 0 Å². The number of amides is 2. The van der Waals surface area contributed by atoms with Crippen molar-refractivity contribution in [2.45, 2.75) is 19.4 Å². The molecule has 0 saturated carbocycles. The van der Waals surface area contributed by atoms with E-state index in [1.54, 1.807) is 6.07 Å². The van der Waals surface area contributed by atoms with E-state index in [0.717, 1.165) is 5.56 Å². The van der Waals surface area contributed by atoms with Crippen LogP contribution >= 0.6 is 0 Å². The van der Waals surface area contributed by atoms with Gasteiger partial charge in [0.2, 0.25) is 5.91 Å². The number of nitrogens with one attached hydrogen (secondary N) is 2. The average Bonchev–Trinajstić information content (AvgIpc) is 3.02. The van der Waals surface area contributed by atoms with Gasteiger partial charge in [0.1, 0.15) is 6.26 Å². The van der Waals surface area contributed by atoms with Gasteiger partial charge < -0.3 is 15.1 Å². The Bertz CT molecular complexity index is 579. The van der Waals surface area contributed by atoms with Crippen LogP contribution in [0, 0.1) is 0 Å². The predicted octanol–water partition coefficient (Wildman–Crippen LogP) is 2.28. The highest BCUT2D eigenvalue weighted by atomic mass is 16.3. The van der Waals surface area contributed by atoms with Crippen molar-refractivity contribution < 1.29 is 14.0 Å². The molecule has 21 heavy (non-hydrogen) atoms. The molecule has 0 saturated heterocycles. The van der Waals surface area contributed by atoms with Gasteiger partial charge in [0.15, 0.2) is 0 Å². The average molecular weight is 286 g/mol. The normalized spacial score (nSPS) is 11.7. The van der Waals surface area contributed by atoms with Gasteiger partial charge in [-0.15, -0.1) is 0 Å². The smallest absolute Gasteiger partial charge is 0.254 e. The monoisotopic (exact) mass is 286 g/mol. The van der Waals surface area contributed by atoms with Gasteiger partial charge in [-0.05, 0) is 18.6 Å². The third-order valence-electron chi connectivity index (χ3n) is 3.10. The van der Waals surface area contributed by atoms with Crippen LogP contribution in [0.2, 0.25) is 0 Å². The molecule has 1 aromatic heterocycles. The van der Waals surface area contributed by atoms with Gasteiger partial charge in [-0.1, -0.05) is 30.3 Å². The van der Waals surface area contributed by atoms with Gasteiger partial charge in [0, 0.05) is 13.0 Å². The fourth-order valence-electron chi connectivity index (χ4n) is 1.92. The number of benzene rings is 1. The first-order chi connectivity index (χ1) is 10.2. The Morgan fingerprint density at radius 2 is 1.95 bits per heavy atom. The van der Waals surface area contributed by atoms with Crippen molar-refractivity contribution in [2.24, 2.45) is 0 Å². The molecule has 1 heterocycles. The minimum Gasteiger partial charge on any atom is -0.472 e. The van der Waals surface area contributed by atoms with Crippen LogP contribution in [0.1, 0.15) is 35.3 Å². The van der Waals surface area contributed by atoms with E-state index in [-0.39, 0.29) is 30.8 Å². The van der Waals surface area contributed by atoms with E-state index in [1.165, 1.54) is 12.5 Å². The number of carbonyl (C=O) groups excluding carboxylic acids is 2. The Balaban J connectivity index is 1.71. The molecule has 0 aliphatic carbocycles. The number of hydrogen-bond donors (Lipinski definition) is 2. The van der Waals surface area contributed by atoms with E-state index in [2.05, 4.69) is 10.6 Å². The summed E-state index contributed by atoms with van der Waals surface area (Å²) in [5, 5.41) is 5.57.